The molecule has 1 fully saturated rings. The molecule has 1 saturated carbocycles. The maximum absolute atomic E-state index is 6.22. The molecule has 1 aromatic heterocycles. The van der Waals surface area contributed by atoms with Crippen LogP contribution in [0.4, 0.5) is 0 Å². The van der Waals surface area contributed by atoms with E-state index in [1.54, 1.807) is 11.8 Å². The van der Waals surface area contributed by atoms with Crippen LogP contribution in [-0.2, 0) is 6.42 Å². The summed E-state index contributed by atoms with van der Waals surface area (Å²) in [5.41, 5.74) is 6.08. The fourth-order valence-corrected chi connectivity index (χ4v) is 3.71. The Morgan fingerprint density at radius 1 is 1.33 bits per heavy atom. The van der Waals surface area contributed by atoms with Gasteiger partial charge in [-0.1, -0.05) is 17.3 Å². The van der Waals surface area contributed by atoms with E-state index in [-0.39, 0.29) is 11.6 Å². The van der Waals surface area contributed by atoms with Gasteiger partial charge in [-0.05, 0) is 31.4 Å². The molecule has 2 aromatic rings. The van der Waals surface area contributed by atoms with Gasteiger partial charge in [-0.25, -0.2) is 0 Å². The number of ether oxygens (including phenoxy) is 1. The number of fused-ring (bicyclic) bond motifs is 1. The summed E-state index contributed by atoms with van der Waals surface area (Å²) in [5, 5.41) is 4.08. The van der Waals surface area contributed by atoms with E-state index in [1.165, 1.54) is 6.42 Å². The third-order valence-corrected chi connectivity index (χ3v) is 5.25. The zero-order valence-corrected chi connectivity index (χ0v) is 12.4. The number of para-hydroxylation sites is 1. The van der Waals surface area contributed by atoms with E-state index in [4.69, 9.17) is 15.0 Å². The molecule has 6 heteroatoms. The van der Waals surface area contributed by atoms with Crippen LogP contribution in [0.25, 0.3) is 0 Å². The Morgan fingerprint density at radius 2 is 2.19 bits per heavy atom. The van der Waals surface area contributed by atoms with Crippen LogP contribution in [0.1, 0.15) is 37.1 Å². The zero-order valence-electron chi connectivity index (χ0n) is 11.6. The van der Waals surface area contributed by atoms with E-state index in [2.05, 4.69) is 16.2 Å². The Bertz CT molecular complexity index is 654. The minimum atomic E-state index is -0.155. The lowest BCUT2D eigenvalue weighted by molar-refractivity contribution is 0.203. The highest BCUT2D eigenvalue weighted by Crippen LogP contribution is 2.39. The second kappa shape index (κ2) is 5.03. The molecule has 21 heavy (non-hydrogen) atoms. The molecule has 110 valence electrons. The van der Waals surface area contributed by atoms with Crippen molar-refractivity contribution in [1.29, 1.82) is 0 Å². The number of benzene rings is 1. The summed E-state index contributed by atoms with van der Waals surface area (Å²) >= 11 is 1.76. The van der Waals surface area contributed by atoms with Crippen molar-refractivity contribution in [1.82, 2.24) is 10.1 Å². The maximum atomic E-state index is 6.22. The monoisotopic (exact) mass is 303 g/mol. The van der Waals surface area contributed by atoms with E-state index < -0.39 is 0 Å². The number of hydrogen-bond donors (Lipinski definition) is 1. The van der Waals surface area contributed by atoms with Crippen molar-refractivity contribution >= 4 is 11.8 Å². The highest BCUT2D eigenvalue weighted by atomic mass is 32.2. The van der Waals surface area contributed by atoms with Crippen molar-refractivity contribution < 1.29 is 9.26 Å². The van der Waals surface area contributed by atoms with Crippen molar-refractivity contribution in [2.24, 2.45) is 5.73 Å². The predicted octanol–water partition coefficient (Wildman–Crippen LogP) is 2.72. The molecular weight excluding hydrogens is 286 g/mol. The Morgan fingerprint density at radius 3 is 3.00 bits per heavy atom. The average molecular weight is 303 g/mol. The van der Waals surface area contributed by atoms with Crippen molar-refractivity contribution in [2.75, 3.05) is 5.75 Å². The van der Waals surface area contributed by atoms with Crippen LogP contribution < -0.4 is 10.5 Å². The molecular formula is C15H17N3O2S. The SMILES string of the molecule is NC1(Cc2nc(C3CSc4ccccc4O3)no2)CCC1. The van der Waals surface area contributed by atoms with E-state index in [0.29, 0.717) is 18.1 Å². The Hall–Kier alpha value is -1.53. The topological polar surface area (TPSA) is 74.2 Å². The summed E-state index contributed by atoms with van der Waals surface area (Å²) in [6.45, 7) is 0. The number of hydrogen-bond acceptors (Lipinski definition) is 6. The first kappa shape index (κ1) is 13.2. The molecule has 0 bridgehead atoms. The van der Waals surface area contributed by atoms with Gasteiger partial charge >= 0.3 is 0 Å². The first-order valence-electron chi connectivity index (χ1n) is 7.22. The van der Waals surface area contributed by atoms with Gasteiger partial charge in [-0.3, -0.25) is 0 Å². The second-order valence-electron chi connectivity index (χ2n) is 5.80. The van der Waals surface area contributed by atoms with E-state index >= 15 is 0 Å². The molecule has 1 aliphatic heterocycles. The van der Waals surface area contributed by atoms with Crippen molar-refractivity contribution in [3.8, 4) is 5.75 Å². The molecule has 0 saturated heterocycles. The molecule has 0 amide bonds. The van der Waals surface area contributed by atoms with Gasteiger partial charge in [0.2, 0.25) is 11.7 Å². The summed E-state index contributed by atoms with van der Waals surface area (Å²) < 4.78 is 11.3. The van der Waals surface area contributed by atoms with Gasteiger partial charge in [-0.15, -0.1) is 11.8 Å². The van der Waals surface area contributed by atoms with Crippen molar-refractivity contribution in [3.63, 3.8) is 0 Å². The lowest BCUT2D eigenvalue weighted by atomic mass is 9.75. The minimum Gasteiger partial charge on any atom is -0.480 e. The molecule has 2 aliphatic rings. The maximum Gasteiger partial charge on any atom is 0.228 e. The molecule has 2 heterocycles. The summed E-state index contributed by atoms with van der Waals surface area (Å²) in [4.78, 5) is 5.64. The van der Waals surface area contributed by atoms with Gasteiger partial charge in [0.25, 0.3) is 0 Å². The highest BCUT2D eigenvalue weighted by molar-refractivity contribution is 7.99. The van der Waals surface area contributed by atoms with Gasteiger partial charge in [0.15, 0.2) is 6.10 Å². The Labute approximate surface area is 127 Å². The summed E-state index contributed by atoms with van der Waals surface area (Å²) in [6, 6.07) is 8.02. The lowest BCUT2D eigenvalue weighted by Crippen LogP contribution is -2.48. The van der Waals surface area contributed by atoms with Gasteiger partial charge in [-0.2, -0.15) is 4.98 Å². The standard InChI is InChI=1S/C15H17N3O2S/c16-15(6-3-7-15)8-13-17-14(18-20-13)11-9-21-12-5-2-1-4-10(12)19-11/h1-2,4-5,11H,3,6-9,16H2. The molecule has 5 nitrogen and oxygen atoms in total. The van der Waals surface area contributed by atoms with Gasteiger partial charge < -0.3 is 15.0 Å². The van der Waals surface area contributed by atoms with Crippen LogP contribution in [-0.4, -0.2) is 21.4 Å². The second-order valence-corrected chi connectivity index (χ2v) is 6.87. The van der Waals surface area contributed by atoms with Crippen LogP contribution in [0.15, 0.2) is 33.7 Å². The number of aromatic nitrogens is 2. The number of rotatable bonds is 3. The van der Waals surface area contributed by atoms with Crippen LogP contribution in [0.3, 0.4) is 0 Å². The summed E-state index contributed by atoms with van der Waals surface area (Å²) in [7, 11) is 0. The van der Waals surface area contributed by atoms with E-state index in [1.807, 2.05) is 18.2 Å². The van der Waals surface area contributed by atoms with Crippen LogP contribution in [0.5, 0.6) is 5.75 Å². The van der Waals surface area contributed by atoms with Gasteiger partial charge in [0, 0.05) is 22.6 Å². The van der Waals surface area contributed by atoms with Crippen molar-refractivity contribution in [2.45, 2.75) is 42.2 Å². The molecule has 1 aromatic carbocycles. The van der Waals surface area contributed by atoms with Crippen LogP contribution in [0.2, 0.25) is 0 Å². The third kappa shape index (κ3) is 2.53. The predicted molar refractivity (Wildman–Crippen MR) is 79.3 cm³/mol. The first-order chi connectivity index (χ1) is 10.2. The van der Waals surface area contributed by atoms with Crippen LogP contribution in [0, 0.1) is 0 Å². The number of nitrogens with two attached hydrogens (primary N) is 1. The summed E-state index contributed by atoms with van der Waals surface area (Å²) in [5.74, 6) is 2.93. The molecule has 2 N–H and O–H groups in total. The largest absolute Gasteiger partial charge is 0.480 e. The van der Waals surface area contributed by atoms with E-state index in [0.717, 1.165) is 29.2 Å². The molecule has 0 radical (unpaired) electrons. The van der Waals surface area contributed by atoms with Crippen LogP contribution >= 0.6 is 11.8 Å². The van der Waals surface area contributed by atoms with Gasteiger partial charge in [0.05, 0.1) is 0 Å². The van der Waals surface area contributed by atoms with Crippen molar-refractivity contribution in [3.05, 3.63) is 36.0 Å². The van der Waals surface area contributed by atoms with Gasteiger partial charge in [0.1, 0.15) is 5.75 Å². The number of nitrogens with zero attached hydrogens (tertiary/aromatic N) is 2. The fraction of sp³-hybridized carbons (Fsp3) is 0.467. The number of thioether (sulfide) groups is 1. The molecule has 1 unspecified atom stereocenters. The zero-order chi connectivity index (χ0) is 14.3. The highest BCUT2D eigenvalue weighted by Gasteiger charge is 2.35. The molecule has 1 aliphatic carbocycles. The first-order valence-corrected chi connectivity index (χ1v) is 8.20. The smallest absolute Gasteiger partial charge is 0.228 e. The normalized spacial score (nSPS) is 23.0. The third-order valence-electron chi connectivity index (χ3n) is 4.13. The summed E-state index contributed by atoms with van der Waals surface area (Å²) in [6.07, 6.45) is 3.77. The molecule has 1 atom stereocenters. The minimum absolute atomic E-state index is 0.140. The fourth-order valence-electron chi connectivity index (χ4n) is 2.73. The average Bonchev–Trinajstić information content (AvgIpc) is 2.93. The van der Waals surface area contributed by atoms with E-state index in [9.17, 15) is 0 Å². The molecule has 0 spiro atoms. The Kier molecular flexibility index (Phi) is 3.15. The molecule has 4 rings (SSSR count). The lowest BCUT2D eigenvalue weighted by Gasteiger charge is -2.36. The quantitative estimate of drug-likeness (QED) is 0.939. The Balaban J connectivity index is 1.49.